The molecule has 19 heavy (non-hydrogen) atoms. The monoisotopic (exact) mass is 289 g/mol. The van der Waals surface area contributed by atoms with Crippen LogP contribution in [0, 0.1) is 5.92 Å². The zero-order valence-electron chi connectivity index (χ0n) is 12.3. The number of amides is 1. The molecular weight excluding hydrogens is 262 g/mol. The molecule has 1 N–H and O–H groups in total. The molecule has 6 heteroatoms. The van der Waals surface area contributed by atoms with E-state index in [0.29, 0.717) is 12.5 Å². The Morgan fingerprint density at radius 1 is 1.58 bits per heavy atom. The maximum Gasteiger partial charge on any atom is 0.278 e. The van der Waals surface area contributed by atoms with Gasteiger partial charge in [0.05, 0.1) is 12.7 Å². The molecule has 112 valence electrons. The van der Waals surface area contributed by atoms with Crippen molar-refractivity contribution in [1.29, 1.82) is 0 Å². The molecule has 0 unspecified atom stereocenters. The van der Waals surface area contributed by atoms with Gasteiger partial charge in [-0.15, -0.1) is 0 Å². The molecule has 1 atom stereocenters. The number of hydrogen-bond acceptors (Lipinski definition) is 4. The zero-order valence-corrected chi connectivity index (χ0v) is 13.2. The van der Waals surface area contributed by atoms with Gasteiger partial charge in [-0.1, -0.05) is 26.5 Å². The lowest BCUT2D eigenvalue weighted by Crippen LogP contribution is -2.49. The van der Waals surface area contributed by atoms with Gasteiger partial charge in [-0.25, -0.2) is 0 Å². The van der Waals surface area contributed by atoms with Crippen molar-refractivity contribution in [3.63, 3.8) is 0 Å². The summed E-state index contributed by atoms with van der Waals surface area (Å²) < 4.78 is 5.68. The van der Waals surface area contributed by atoms with Crippen molar-refractivity contribution in [2.45, 2.75) is 20.0 Å². The molecule has 1 amide bonds. The number of carbonyl (C=O) groups excluding carboxylic acids is 1. The number of nitrogens with one attached hydrogen (secondary N) is 1. The van der Waals surface area contributed by atoms with E-state index in [1.807, 2.05) is 0 Å². The first-order chi connectivity index (χ1) is 8.99. The molecule has 0 aromatic carbocycles. The highest BCUT2D eigenvalue weighted by Crippen LogP contribution is 2.07. The second kappa shape index (κ2) is 8.79. The first-order valence-corrected chi connectivity index (χ1v) is 7.42. The van der Waals surface area contributed by atoms with Crippen molar-refractivity contribution in [1.82, 2.24) is 15.1 Å². The van der Waals surface area contributed by atoms with E-state index in [9.17, 15) is 4.79 Å². The molecule has 1 aliphatic heterocycles. The fourth-order valence-electron chi connectivity index (χ4n) is 2.11. The van der Waals surface area contributed by atoms with Gasteiger partial charge in [0.2, 0.25) is 0 Å². The van der Waals surface area contributed by atoms with E-state index in [-0.39, 0.29) is 11.3 Å². The lowest BCUT2D eigenvalue weighted by atomic mass is 10.2. The van der Waals surface area contributed by atoms with Crippen LogP contribution < -0.4 is 5.32 Å². The van der Waals surface area contributed by atoms with Gasteiger partial charge < -0.3 is 15.0 Å². The Morgan fingerprint density at radius 2 is 2.32 bits per heavy atom. The maximum atomic E-state index is 11.1. The highest BCUT2D eigenvalue weighted by atomic mass is 32.1. The Morgan fingerprint density at radius 3 is 2.95 bits per heavy atom. The molecule has 0 spiro atoms. The molecule has 0 aromatic rings. The second-order valence-corrected chi connectivity index (χ2v) is 5.94. The Bertz CT molecular complexity index is 277. The summed E-state index contributed by atoms with van der Waals surface area (Å²) in [5.74, 6) is 0.687. The predicted molar refractivity (Wildman–Crippen MR) is 80.9 cm³/mol. The molecule has 1 fully saturated rings. The third kappa shape index (κ3) is 7.15. The minimum atomic E-state index is -0.209. The number of carbonyl (C=O) groups is 1. The van der Waals surface area contributed by atoms with E-state index in [0.717, 1.165) is 39.3 Å². The SMILES string of the molecule is CC(C)CNCCN1CCO[C@H](CN(C)C(=O)S)C1. The first kappa shape index (κ1) is 16.8. The molecule has 1 aliphatic rings. The van der Waals surface area contributed by atoms with Crippen molar-refractivity contribution in [2.24, 2.45) is 5.92 Å². The van der Waals surface area contributed by atoms with E-state index >= 15 is 0 Å². The van der Waals surface area contributed by atoms with Gasteiger partial charge >= 0.3 is 0 Å². The lowest BCUT2D eigenvalue weighted by molar-refractivity contribution is -0.0350. The molecular formula is C13H27N3O2S. The number of likely N-dealkylation sites (N-methyl/N-ethyl adjacent to an activating group) is 1. The van der Waals surface area contributed by atoms with Crippen LogP contribution in [-0.4, -0.2) is 74.1 Å². The number of nitrogens with zero attached hydrogens (tertiary/aromatic N) is 2. The molecule has 1 heterocycles. The van der Waals surface area contributed by atoms with Crippen LogP contribution in [0.5, 0.6) is 0 Å². The summed E-state index contributed by atoms with van der Waals surface area (Å²) in [6.45, 7) is 10.7. The molecule has 1 rings (SSSR count). The Labute approximate surface area is 122 Å². The summed E-state index contributed by atoms with van der Waals surface area (Å²) in [5.41, 5.74) is 0. The molecule has 0 bridgehead atoms. The quantitative estimate of drug-likeness (QED) is 0.540. The van der Waals surface area contributed by atoms with Gasteiger partial charge in [-0.05, 0) is 12.5 Å². The van der Waals surface area contributed by atoms with E-state index in [4.69, 9.17) is 4.74 Å². The topological polar surface area (TPSA) is 44.8 Å². The number of morpholine rings is 1. The van der Waals surface area contributed by atoms with Crippen molar-refractivity contribution in [3.05, 3.63) is 0 Å². The third-order valence-electron chi connectivity index (χ3n) is 3.18. The Hall–Kier alpha value is -0.300. The summed E-state index contributed by atoms with van der Waals surface area (Å²) >= 11 is 3.81. The largest absolute Gasteiger partial charge is 0.374 e. The van der Waals surface area contributed by atoms with Gasteiger partial charge in [-0.2, -0.15) is 0 Å². The van der Waals surface area contributed by atoms with Gasteiger partial charge in [0.25, 0.3) is 5.24 Å². The smallest absolute Gasteiger partial charge is 0.278 e. The third-order valence-corrected chi connectivity index (χ3v) is 3.53. The van der Waals surface area contributed by atoms with E-state index in [1.54, 1.807) is 11.9 Å². The molecule has 1 saturated heterocycles. The van der Waals surface area contributed by atoms with Crippen LogP contribution in [0.15, 0.2) is 0 Å². The second-order valence-electron chi connectivity index (χ2n) is 5.55. The average molecular weight is 289 g/mol. The molecule has 5 nitrogen and oxygen atoms in total. The first-order valence-electron chi connectivity index (χ1n) is 6.97. The fraction of sp³-hybridized carbons (Fsp3) is 0.923. The molecule has 0 aliphatic carbocycles. The van der Waals surface area contributed by atoms with Gasteiger partial charge in [-0.3, -0.25) is 9.69 Å². The summed E-state index contributed by atoms with van der Waals surface area (Å²) in [7, 11) is 1.75. The Balaban J connectivity index is 2.20. The van der Waals surface area contributed by atoms with Gasteiger partial charge in [0.15, 0.2) is 0 Å². The summed E-state index contributed by atoms with van der Waals surface area (Å²) in [4.78, 5) is 15.1. The zero-order chi connectivity index (χ0) is 14.3. The predicted octanol–water partition coefficient (Wildman–Crippen LogP) is 0.914. The van der Waals surface area contributed by atoms with Crippen molar-refractivity contribution in [2.75, 3.05) is 52.9 Å². The minimum absolute atomic E-state index is 0.0972. The number of hydrogen-bond donors (Lipinski definition) is 2. The van der Waals surface area contributed by atoms with Crippen molar-refractivity contribution >= 4 is 17.9 Å². The van der Waals surface area contributed by atoms with E-state index in [2.05, 4.69) is 36.7 Å². The summed E-state index contributed by atoms with van der Waals surface area (Å²) in [5, 5.41) is 3.24. The van der Waals surface area contributed by atoms with Crippen LogP contribution in [-0.2, 0) is 4.74 Å². The average Bonchev–Trinajstić information content (AvgIpc) is 2.35. The normalized spacial score (nSPS) is 20.8. The standard InChI is InChI=1S/C13H27N3O2S/c1-11(2)8-14-4-5-16-6-7-18-12(10-16)9-15(3)13(17)19/h11-12,14H,4-10H2,1-3H3,(H,17,19)/t12-/m1/s1. The van der Waals surface area contributed by atoms with Crippen LogP contribution in [0.1, 0.15) is 13.8 Å². The van der Waals surface area contributed by atoms with Gasteiger partial charge in [0, 0.05) is 39.8 Å². The minimum Gasteiger partial charge on any atom is -0.374 e. The van der Waals surface area contributed by atoms with Gasteiger partial charge in [0.1, 0.15) is 0 Å². The van der Waals surface area contributed by atoms with E-state index in [1.165, 1.54) is 0 Å². The van der Waals surface area contributed by atoms with E-state index < -0.39 is 0 Å². The molecule has 0 aromatic heterocycles. The number of thiol groups is 1. The maximum absolute atomic E-state index is 11.1. The lowest BCUT2D eigenvalue weighted by Gasteiger charge is -2.34. The van der Waals surface area contributed by atoms with Crippen LogP contribution in [0.4, 0.5) is 4.79 Å². The highest BCUT2D eigenvalue weighted by Gasteiger charge is 2.22. The number of rotatable bonds is 7. The van der Waals surface area contributed by atoms with Crippen molar-refractivity contribution < 1.29 is 9.53 Å². The Kier molecular flexibility index (Phi) is 7.75. The molecule has 0 saturated carbocycles. The van der Waals surface area contributed by atoms with Crippen LogP contribution in [0.25, 0.3) is 0 Å². The number of ether oxygens (including phenoxy) is 1. The summed E-state index contributed by atoms with van der Waals surface area (Å²) in [6.07, 6.45) is 0.0972. The van der Waals surface area contributed by atoms with Crippen LogP contribution in [0.2, 0.25) is 0 Å². The molecule has 0 radical (unpaired) electrons. The van der Waals surface area contributed by atoms with Crippen molar-refractivity contribution in [3.8, 4) is 0 Å². The summed E-state index contributed by atoms with van der Waals surface area (Å²) in [6, 6.07) is 0. The highest BCUT2D eigenvalue weighted by molar-refractivity contribution is 7.96. The fourth-order valence-corrected chi connectivity index (χ4v) is 2.19. The van der Waals surface area contributed by atoms with Crippen LogP contribution in [0.3, 0.4) is 0 Å². The van der Waals surface area contributed by atoms with Crippen LogP contribution >= 0.6 is 12.6 Å².